The lowest BCUT2D eigenvalue weighted by atomic mass is 10.2. The number of hydrogen-bond donors (Lipinski definition) is 0. The van der Waals surface area contributed by atoms with E-state index in [1.807, 2.05) is 13.0 Å². The van der Waals surface area contributed by atoms with Crippen LogP contribution in [0.5, 0.6) is 0 Å². The molecular weight excluding hydrogens is 156 g/mol. The number of carbonyl (C=O) groups excluding carboxylic acids is 2. The van der Waals surface area contributed by atoms with E-state index in [-0.39, 0.29) is 12.2 Å². The summed E-state index contributed by atoms with van der Waals surface area (Å²) in [6.07, 6.45) is 4.78. The van der Waals surface area contributed by atoms with E-state index in [1.54, 1.807) is 6.08 Å². The van der Waals surface area contributed by atoms with E-state index in [1.165, 1.54) is 7.11 Å². The van der Waals surface area contributed by atoms with Crippen LogP contribution in [0.1, 0.15) is 26.2 Å². The van der Waals surface area contributed by atoms with Crippen molar-refractivity contribution in [2.45, 2.75) is 26.2 Å². The predicted octanol–water partition coefficient (Wildman–Crippen LogP) is 1.47. The van der Waals surface area contributed by atoms with Crippen LogP contribution in [-0.2, 0) is 14.3 Å². The molecule has 0 N–H and O–H groups in total. The minimum Gasteiger partial charge on any atom is -0.469 e. The summed E-state index contributed by atoms with van der Waals surface area (Å²) in [6, 6.07) is 0. The molecule has 12 heavy (non-hydrogen) atoms. The summed E-state index contributed by atoms with van der Waals surface area (Å²) < 4.78 is 4.34. The molecule has 0 fully saturated rings. The summed E-state index contributed by atoms with van der Waals surface area (Å²) in [5.41, 5.74) is 0. The first-order valence-corrected chi connectivity index (χ1v) is 3.94. The van der Waals surface area contributed by atoms with Gasteiger partial charge in [-0.05, 0) is 6.42 Å². The van der Waals surface area contributed by atoms with E-state index in [4.69, 9.17) is 0 Å². The molecule has 0 amide bonds. The van der Waals surface area contributed by atoms with Gasteiger partial charge in [0.25, 0.3) is 0 Å². The summed E-state index contributed by atoms with van der Waals surface area (Å²) in [5, 5.41) is 0. The Morgan fingerprint density at radius 2 is 2.00 bits per heavy atom. The van der Waals surface area contributed by atoms with E-state index >= 15 is 0 Å². The van der Waals surface area contributed by atoms with Gasteiger partial charge in [-0.2, -0.15) is 0 Å². The number of ether oxygens (including phenoxy) is 1. The monoisotopic (exact) mass is 170 g/mol. The van der Waals surface area contributed by atoms with Crippen molar-refractivity contribution in [3.8, 4) is 0 Å². The first-order valence-electron chi connectivity index (χ1n) is 3.94. The topological polar surface area (TPSA) is 43.4 Å². The Morgan fingerprint density at radius 3 is 2.50 bits per heavy atom. The second-order valence-corrected chi connectivity index (χ2v) is 2.38. The van der Waals surface area contributed by atoms with Crippen LogP contribution in [0, 0.1) is 0 Å². The average molecular weight is 170 g/mol. The van der Waals surface area contributed by atoms with Gasteiger partial charge in [0.05, 0.1) is 7.11 Å². The van der Waals surface area contributed by atoms with Crippen molar-refractivity contribution in [1.29, 1.82) is 0 Å². The highest BCUT2D eigenvalue weighted by atomic mass is 16.5. The lowest BCUT2D eigenvalue weighted by molar-refractivity contribution is -0.143. The highest BCUT2D eigenvalue weighted by Crippen LogP contribution is 1.94. The van der Waals surface area contributed by atoms with Gasteiger partial charge in [-0.1, -0.05) is 19.1 Å². The van der Waals surface area contributed by atoms with Gasteiger partial charge in [-0.3, -0.25) is 9.59 Å². The maximum absolute atomic E-state index is 10.9. The summed E-state index contributed by atoms with van der Waals surface area (Å²) in [4.78, 5) is 21.5. The maximum Gasteiger partial charge on any atom is 0.313 e. The number of Topliss-reactive ketones (excluding diaryl/α,β-unsaturated/α-hetero) is 1. The van der Waals surface area contributed by atoms with Crippen molar-refractivity contribution in [3.63, 3.8) is 0 Å². The number of hydrogen-bond acceptors (Lipinski definition) is 3. The van der Waals surface area contributed by atoms with Gasteiger partial charge in [-0.15, -0.1) is 0 Å². The van der Waals surface area contributed by atoms with Crippen molar-refractivity contribution >= 4 is 11.8 Å². The van der Waals surface area contributed by atoms with E-state index in [0.29, 0.717) is 6.42 Å². The van der Waals surface area contributed by atoms with Crippen LogP contribution in [-0.4, -0.2) is 18.9 Å². The Hall–Kier alpha value is -1.12. The molecule has 0 aromatic rings. The Labute approximate surface area is 72.4 Å². The Morgan fingerprint density at radius 1 is 1.33 bits per heavy atom. The Bertz CT molecular complexity index is 182. The smallest absolute Gasteiger partial charge is 0.313 e. The quantitative estimate of drug-likeness (QED) is 0.356. The minimum atomic E-state index is -0.468. The Balaban J connectivity index is 3.60. The van der Waals surface area contributed by atoms with Crippen LogP contribution < -0.4 is 0 Å². The molecule has 0 aliphatic heterocycles. The van der Waals surface area contributed by atoms with Gasteiger partial charge in [0.1, 0.15) is 12.2 Å². The molecule has 0 radical (unpaired) electrons. The molecule has 3 nitrogen and oxygen atoms in total. The fourth-order valence-corrected chi connectivity index (χ4v) is 0.687. The van der Waals surface area contributed by atoms with E-state index < -0.39 is 5.97 Å². The molecule has 0 spiro atoms. The Kier molecular flexibility index (Phi) is 5.97. The van der Waals surface area contributed by atoms with Crippen LogP contribution in [0.3, 0.4) is 0 Å². The SMILES string of the molecule is CCC=CCC(=O)CC(=O)OC. The zero-order chi connectivity index (χ0) is 9.40. The van der Waals surface area contributed by atoms with Crippen LogP contribution >= 0.6 is 0 Å². The zero-order valence-corrected chi connectivity index (χ0v) is 7.50. The molecule has 0 rings (SSSR count). The third-order valence-electron chi connectivity index (χ3n) is 1.32. The summed E-state index contributed by atoms with van der Waals surface area (Å²) in [7, 11) is 1.28. The molecule has 0 unspecified atom stereocenters. The molecule has 0 heterocycles. The van der Waals surface area contributed by atoms with Crippen molar-refractivity contribution in [1.82, 2.24) is 0 Å². The van der Waals surface area contributed by atoms with Gasteiger partial charge >= 0.3 is 5.97 Å². The zero-order valence-electron chi connectivity index (χ0n) is 7.50. The number of ketones is 1. The molecule has 0 aliphatic carbocycles. The second kappa shape index (κ2) is 6.58. The van der Waals surface area contributed by atoms with Gasteiger partial charge in [0.15, 0.2) is 0 Å². The van der Waals surface area contributed by atoms with Gasteiger partial charge in [0.2, 0.25) is 0 Å². The number of methoxy groups -OCH3 is 1. The van der Waals surface area contributed by atoms with Crippen LogP contribution in [0.15, 0.2) is 12.2 Å². The summed E-state index contributed by atoms with van der Waals surface area (Å²) >= 11 is 0. The van der Waals surface area contributed by atoms with Crippen LogP contribution in [0.25, 0.3) is 0 Å². The van der Waals surface area contributed by atoms with E-state index in [2.05, 4.69) is 4.74 Å². The summed E-state index contributed by atoms with van der Waals surface area (Å²) in [5.74, 6) is -0.573. The lowest BCUT2D eigenvalue weighted by Gasteiger charge is -1.95. The lowest BCUT2D eigenvalue weighted by Crippen LogP contribution is -2.07. The normalized spacial score (nSPS) is 10.2. The number of esters is 1. The van der Waals surface area contributed by atoms with Gasteiger partial charge in [-0.25, -0.2) is 0 Å². The standard InChI is InChI=1S/C9H14O3/c1-3-4-5-6-8(10)7-9(11)12-2/h4-5H,3,6-7H2,1-2H3. The molecule has 0 atom stereocenters. The third-order valence-corrected chi connectivity index (χ3v) is 1.32. The fourth-order valence-electron chi connectivity index (χ4n) is 0.687. The molecule has 0 aliphatic rings. The summed E-state index contributed by atoms with van der Waals surface area (Å²) in [6.45, 7) is 1.99. The molecule has 68 valence electrons. The van der Waals surface area contributed by atoms with Gasteiger partial charge in [0, 0.05) is 6.42 Å². The molecule has 0 aromatic heterocycles. The molecule has 0 saturated carbocycles. The van der Waals surface area contributed by atoms with Crippen molar-refractivity contribution < 1.29 is 14.3 Å². The average Bonchev–Trinajstić information content (AvgIpc) is 2.05. The van der Waals surface area contributed by atoms with Crippen molar-refractivity contribution in [3.05, 3.63) is 12.2 Å². The minimum absolute atomic E-state index is 0.105. The second-order valence-electron chi connectivity index (χ2n) is 2.38. The molecule has 0 aromatic carbocycles. The van der Waals surface area contributed by atoms with Crippen molar-refractivity contribution in [2.24, 2.45) is 0 Å². The first-order chi connectivity index (χ1) is 5.70. The molecule has 3 heteroatoms. The molecule has 0 saturated heterocycles. The van der Waals surface area contributed by atoms with Crippen molar-refractivity contribution in [2.75, 3.05) is 7.11 Å². The van der Waals surface area contributed by atoms with Crippen LogP contribution in [0.2, 0.25) is 0 Å². The highest BCUT2D eigenvalue weighted by molar-refractivity contribution is 5.96. The third kappa shape index (κ3) is 5.65. The van der Waals surface area contributed by atoms with Crippen LogP contribution in [0.4, 0.5) is 0 Å². The maximum atomic E-state index is 10.9. The van der Waals surface area contributed by atoms with E-state index in [0.717, 1.165) is 6.42 Å². The van der Waals surface area contributed by atoms with E-state index in [9.17, 15) is 9.59 Å². The molecular formula is C9H14O3. The number of allylic oxidation sites excluding steroid dienone is 2. The fraction of sp³-hybridized carbons (Fsp3) is 0.556. The number of carbonyl (C=O) groups is 2. The van der Waals surface area contributed by atoms with Gasteiger partial charge < -0.3 is 4.74 Å². The molecule has 0 bridgehead atoms. The highest BCUT2D eigenvalue weighted by Gasteiger charge is 2.06. The largest absolute Gasteiger partial charge is 0.469 e. The number of rotatable bonds is 5. The predicted molar refractivity (Wildman–Crippen MR) is 45.7 cm³/mol. The first kappa shape index (κ1) is 10.9.